The molecule has 6 heteroatoms. The first-order valence-electron chi connectivity index (χ1n) is 4.36. The molecule has 0 radical (unpaired) electrons. The monoisotopic (exact) mass is 194 g/mol. The van der Waals surface area contributed by atoms with E-state index in [1.54, 1.807) is 6.21 Å². The van der Waals surface area contributed by atoms with Crippen LogP contribution in [0.25, 0.3) is 0 Å². The normalized spacial score (nSPS) is 14.2. The van der Waals surface area contributed by atoms with E-state index < -0.39 is 11.2 Å². The molecule has 2 heterocycles. The molecule has 0 bridgehead atoms. The molecule has 1 aliphatic rings. The summed E-state index contributed by atoms with van der Waals surface area (Å²) >= 11 is 0. The maximum atomic E-state index is 11.3. The van der Waals surface area contributed by atoms with Crippen LogP contribution in [0.1, 0.15) is 6.92 Å². The van der Waals surface area contributed by atoms with Gasteiger partial charge in [0.05, 0.1) is 6.54 Å². The van der Waals surface area contributed by atoms with Gasteiger partial charge in [0.1, 0.15) is 5.82 Å². The number of fused-ring (bicyclic) bond motifs is 1. The van der Waals surface area contributed by atoms with Crippen LogP contribution in [-0.2, 0) is 0 Å². The molecule has 74 valence electrons. The number of anilines is 1. The Morgan fingerprint density at radius 3 is 3.00 bits per heavy atom. The van der Waals surface area contributed by atoms with E-state index in [4.69, 9.17) is 0 Å². The van der Waals surface area contributed by atoms with Gasteiger partial charge in [-0.15, -0.1) is 0 Å². The Kier molecular flexibility index (Phi) is 1.95. The number of hydrogen-bond donors (Lipinski definition) is 2. The molecular formula is C8H10N4O2. The van der Waals surface area contributed by atoms with Crippen LogP contribution in [-0.4, -0.2) is 29.3 Å². The summed E-state index contributed by atoms with van der Waals surface area (Å²) in [5.41, 5.74) is -0.667. The Labute approximate surface area is 79.3 Å². The smallest absolute Gasteiger partial charge is 0.327 e. The molecule has 0 saturated heterocycles. The van der Waals surface area contributed by atoms with Crippen LogP contribution in [0.4, 0.5) is 11.5 Å². The van der Waals surface area contributed by atoms with Crippen LogP contribution >= 0.6 is 0 Å². The highest BCUT2D eigenvalue weighted by Gasteiger charge is 2.16. The SMILES string of the molecule is CCN1CC=Nc2c1[nH]c(=O)[nH]c2=O. The number of aromatic amines is 2. The lowest BCUT2D eigenvalue weighted by Crippen LogP contribution is -2.34. The minimum absolute atomic E-state index is 0.276. The van der Waals surface area contributed by atoms with Gasteiger partial charge in [0.2, 0.25) is 0 Å². The first kappa shape index (κ1) is 8.74. The summed E-state index contributed by atoms with van der Waals surface area (Å²) in [6.07, 6.45) is 1.65. The molecular weight excluding hydrogens is 184 g/mol. The first-order valence-corrected chi connectivity index (χ1v) is 4.36. The van der Waals surface area contributed by atoms with Gasteiger partial charge in [-0.05, 0) is 6.92 Å². The van der Waals surface area contributed by atoms with Crippen molar-refractivity contribution in [2.75, 3.05) is 18.0 Å². The zero-order valence-electron chi connectivity index (χ0n) is 7.70. The molecule has 2 N–H and O–H groups in total. The Balaban J connectivity index is 2.70. The molecule has 0 spiro atoms. The number of H-pyrrole nitrogens is 2. The topological polar surface area (TPSA) is 81.3 Å². The Bertz CT molecular complexity index is 485. The second-order valence-corrected chi connectivity index (χ2v) is 2.96. The van der Waals surface area contributed by atoms with Crippen molar-refractivity contribution < 1.29 is 0 Å². The van der Waals surface area contributed by atoms with Gasteiger partial charge < -0.3 is 4.90 Å². The van der Waals surface area contributed by atoms with Crippen molar-refractivity contribution in [3.8, 4) is 0 Å². The van der Waals surface area contributed by atoms with Crippen molar-refractivity contribution in [1.82, 2.24) is 9.97 Å². The lowest BCUT2D eigenvalue weighted by atomic mass is 10.3. The molecule has 14 heavy (non-hydrogen) atoms. The van der Waals surface area contributed by atoms with Crippen molar-refractivity contribution in [3.05, 3.63) is 20.8 Å². The predicted molar refractivity (Wildman–Crippen MR) is 53.7 cm³/mol. The largest absolute Gasteiger partial charge is 0.351 e. The van der Waals surface area contributed by atoms with Crippen LogP contribution in [0.5, 0.6) is 0 Å². The number of hydrogen-bond acceptors (Lipinski definition) is 4. The summed E-state index contributed by atoms with van der Waals surface area (Å²) in [7, 11) is 0. The van der Waals surface area contributed by atoms with Gasteiger partial charge >= 0.3 is 5.69 Å². The lowest BCUT2D eigenvalue weighted by Gasteiger charge is -2.23. The maximum absolute atomic E-state index is 11.3. The van der Waals surface area contributed by atoms with Crippen molar-refractivity contribution in [2.24, 2.45) is 4.99 Å². The third-order valence-corrected chi connectivity index (χ3v) is 2.12. The molecule has 1 aromatic rings. The van der Waals surface area contributed by atoms with Gasteiger partial charge in [-0.2, -0.15) is 0 Å². The number of nitrogens with one attached hydrogen (secondary N) is 2. The van der Waals surface area contributed by atoms with E-state index in [9.17, 15) is 9.59 Å². The van der Waals surface area contributed by atoms with E-state index in [-0.39, 0.29) is 5.69 Å². The van der Waals surface area contributed by atoms with Crippen molar-refractivity contribution in [1.29, 1.82) is 0 Å². The van der Waals surface area contributed by atoms with E-state index >= 15 is 0 Å². The fourth-order valence-corrected chi connectivity index (χ4v) is 1.43. The third kappa shape index (κ3) is 1.24. The van der Waals surface area contributed by atoms with Crippen LogP contribution in [0.3, 0.4) is 0 Å². The van der Waals surface area contributed by atoms with Gasteiger partial charge in [-0.25, -0.2) is 9.79 Å². The van der Waals surface area contributed by atoms with Crippen LogP contribution in [0.15, 0.2) is 14.6 Å². The highest BCUT2D eigenvalue weighted by Crippen LogP contribution is 2.21. The Morgan fingerprint density at radius 1 is 1.50 bits per heavy atom. The summed E-state index contributed by atoms with van der Waals surface area (Å²) in [6.45, 7) is 3.28. The van der Waals surface area contributed by atoms with Crippen molar-refractivity contribution >= 4 is 17.7 Å². The summed E-state index contributed by atoms with van der Waals surface area (Å²) < 4.78 is 0. The average molecular weight is 194 g/mol. The minimum Gasteiger partial charge on any atom is -0.351 e. The van der Waals surface area contributed by atoms with Crippen molar-refractivity contribution in [3.63, 3.8) is 0 Å². The summed E-state index contributed by atoms with van der Waals surface area (Å²) in [5.74, 6) is 0.503. The summed E-state index contributed by atoms with van der Waals surface area (Å²) in [6, 6.07) is 0. The average Bonchev–Trinajstić information content (AvgIpc) is 2.17. The standard InChI is InChI=1S/C8H10N4O2/c1-2-12-4-3-9-5-6(12)10-8(14)11-7(5)13/h3H,2,4H2,1H3,(H2,10,11,13,14). The molecule has 0 aromatic carbocycles. The number of aromatic nitrogens is 2. The van der Waals surface area contributed by atoms with Gasteiger partial charge in [0.15, 0.2) is 5.69 Å². The zero-order valence-corrected chi connectivity index (χ0v) is 7.70. The fourth-order valence-electron chi connectivity index (χ4n) is 1.43. The van der Waals surface area contributed by atoms with Crippen LogP contribution in [0, 0.1) is 0 Å². The lowest BCUT2D eigenvalue weighted by molar-refractivity contribution is 0.868. The molecule has 1 aromatic heterocycles. The maximum Gasteiger partial charge on any atom is 0.327 e. The number of rotatable bonds is 1. The Morgan fingerprint density at radius 2 is 2.29 bits per heavy atom. The second kappa shape index (κ2) is 3.13. The van der Waals surface area contributed by atoms with E-state index in [0.29, 0.717) is 12.4 Å². The fraction of sp³-hybridized carbons (Fsp3) is 0.375. The quantitative estimate of drug-likeness (QED) is 0.638. The molecule has 0 fully saturated rings. The number of aliphatic imine (C=N–C) groups is 1. The molecule has 0 saturated carbocycles. The molecule has 2 rings (SSSR count). The molecule has 0 atom stereocenters. The molecule has 1 aliphatic heterocycles. The first-order chi connectivity index (χ1) is 6.72. The molecule has 6 nitrogen and oxygen atoms in total. The number of nitrogens with zero attached hydrogens (tertiary/aromatic N) is 2. The molecule has 0 aliphatic carbocycles. The van der Waals surface area contributed by atoms with Gasteiger partial charge in [-0.3, -0.25) is 14.8 Å². The van der Waals surface area contributed by atoms with Crippen LogP contribution in [0.2, 0.25) is 0 Å². The van der Waals surface area contributed by atoms with E-state index in [0.717, 1.165) is 6.54 Å². The molecule has 0 unspecified atom stereocenters. The van der Waals surface area contributed by atoms with Crippen LogP contribution < -0.4 is 16.1 Å². The van der Waals surface area contributed by atoms with E-state index in [2.05, 4.69) is 15.0 Å². The highest BCUT2D eigenvalue weighted by atomic mass is 16.2. The van der Waals surface area contributed by atoms with Gasteiger partial charge in [-0.1, -0.05) is 0 Å². The predicted octanol–water partition coefficient (Wildman–Crippen LogP) is -0.395. The van der Waals surface area contributed by atoms with E-state index in [1.807, 2.05) is 11.8 Å². The zero-order chi connectivity index (χ0) is 10.1. The summed E-state index contributed by atoms with van der Waals surface area (Å²) in [5, 5.41) is 0. The second-order valence-electron chi connectivity index (χ2n) is 2.96. The van der Waals surface area contributed by atoms with Crippen molar-refractivity contribution in [2.45, 2.75) is 6.92 Å². The van der Waals surface area contributed by atoms with E-state index in [1.165, 1.54) is 0 Å². The third-order valence-electron chi connectivity index (χ3n) is 2.12. The highest BCUT2D eigenvalue weighted by molar-refractivity contribution is 5.78. The Hall–Kier alpha value is -1.85. The van der Waals surface area contributed by atoms with Gasteiger partial charge in [0.25, 0.3) is 5.56 Å². The van der Waals surface area contributed by atoms with Gasteiger partial charge in [0, 0.05) is 12.8 Å². The summed E-state index contributed by atoms with van der Waals surface area (Å²) in [4.78, 5) is 32.9. The molecule has 0 amide bonds. The minimum atomic E-state index is -0.496.